The number of thiophene rings is 1. The summed E-state index contributed by atoms with van der Waals surface area (Å²) in [7, 11) is 0. The van der Waals surface area contributed by atoms with Crippen molar-refractivity contribution in [2.24, 2.45) is 0 Å². The summed E-state index contributed by atoms with van der Waals surface area (Å²) in [5, 5.41) is 3.53. The number of benzene rings is 1. The molecular weight excluding hydrogens is 300 g/mol. The molecule has 1 atom stereocenters. The largest absolute Gasteiger partial charge is 0.378 e. The highest BCUT2D eigenvalue weighted by atomic mass is 35.5. The minimum Gasteiger partial charge on any atom is -0.378 e. The first-order valence-electron chi connectivity index (χ1n) is 7.59. The van der Waals surface area contributed by atoms with Crippen LogP contribution in [0.1, 0.15) is 37.1 Å². The number of halogens is 1. The molecule has 1 aliphatic rings. The van der Waals surface area contributed by atoms with Crippen LogP contribution in [0.3, 0.4) is 0 Å². The summed E-state index contributed by atoms with van der Waals surface area (Å²) in [6.07, 6.45) is 4.00. The molecule has 2 nitrogen and oxygen atoms in total. The lowest BCUT2D eigenvalue weighted by molar-refractivity contribution is 0.578. The van der Waals surface area contributed by atoms with Crippen LogP contribution in [-0.2, 0) is 0 Å². The minimum atomic E-state index is 0.281. The van der Waals surface area contributed by atoms with E-state index in [2.05, 4.69) is 47.5 Å². The fourth-order valence-corrected chi connectivity index (χ4v) is 3.87. The topological polar surface area (TPSA) is 15.3 Å². The van der Waals surface area contributed by atoms with Crippen LogP contribution in [0.2, 0.25) is 4.34 Å². The van der Waals surface area contributed by atoms with Gasteiger partial charge in [-0.25, -0.2) is 0 Å². The van der Waals surface area contributed by atoms with Crippen LogP contribution in [0.5, 0.6) is 0 Å². The molecular formula is C17H21ClN2S. The highest BCUT2D eigenvalue weighted by molar-refractivity contribution is 7.16. The van der Waals surface area contributed by atoms with Crippen LogP contribution < -0.4 is 10.2 Å². The van der Waals surface area contributed by atoms with Crippen molar-refractivity contribution >= 4 is 34.3 Å². The number of hydrogen-bond donors (Lipinski definition) is 1. The third-order valence-corrected chi connectivity index (χ3v) is 5.41. The molecule has 3 rings (SSSR count). The fraction of sp³-hybridized carbons (Fsp3) is 0.412. The number of rotatable bonds is 4. The summed E-state index contributed by atoms with van der Waals surface area (Å²) >= 11 is 7.64. The quantitative estimate of drug-likeness (QED) is 0.792. The van der Waals surface area contributed by atoms with Crippen molar-refractivity contribution in [3.63, 3.8) is 0 Å². The Kier molecular flexibility index (Phi) is 4.71. The van der Waals surface area contributed by atoms with Crippen molar-refractivity contribution in [2.75, 3.05) is 23.3 Å². The van der Waals surface area contributed by atoms with E-state index in [0.29, 0.717) is 0 Å². The van der Waals surface area contributed by atoms with Crippen LogP contribution in [0.4, 0.5) is 11.4 Å². The Balaban J connectivity index is 1.63. The van der Waals surface area contributed by atoms with Crippen molar-refractivity contribution in [3.05, 3.63) is 45.6 Å². The summed E-state index contributed by atoms with van der Waals surface area (Å²) in [5.74, 6) is 0. The van der Waals surface area contributed by atoms with Gasteiger partial charge in [-0.05, 0) is 62.6 Å². The number of piperidine rings is 1. The molecule has 21 heavy (non-hydrogen) atoms. The van der Waals surface area contributed by atoms with Crippen molar-refractivity contribution in [1.29, 1.82) is 0 Å². The molecule has 0 saturated carbocycles. The van der Waals surface area contributed by atoms with E-state index in [-0.39, 0.29) is 6.04 Å². The predicted octanol–water partition coefficient (Wildman–Crippen LogP) is 5.56. The van der Waals surface area contributed by atoms with Gasteiger partial charge in [0.25, 0.3) is 0 Å². The molecule has 1 aromatic carbocycles. The summed E-state index contributed by atoms with van der Waals surface area (Å²) in [5.41, 5.74) is 2.50. The lowest BCUT2D eigenvalue weighted by Gasteiger charge is -2.29. The Morgan fingerprint density at radius 1 is 1.05 bits per heavy atom. The first-order valence-corrected chi connectivity index (χ1v) is 8.78. The fourth-order valence-electron chi connectivity index (χ4n) is 2.80. The van der Waals surface area contributed by atoms with Crippen molar-refractivity contribution in [2.45, 2.75) is 32.2 Å². The van der Waals surface area contributed by atoms with Gasteiger partial charge in [0, 0.05) is 29.3 Å². The lowest BCUT2D eigenvalue weighted by Crippen LogP contribution is -2.29. The first-order chi connectivity index (χ1) is 10.2. The summed E-state index contributed by atoms with van der Waals surface area (Å²) in [6.45, 7) is 4.55. The van der Waals surface area contributed by atoms with E-state index >= 15 is 0 Å². The SMILES string of the molecule is CC(Nc1ccc(N2CCCCC2)cc1)c1ccc(Cl)s1. The van der Waals surface area contributed by atoms with E-state index in [9.17, 15) is 0 Å². The standard InChI is InChI=1S/C17H21ClN2S/c1-13(16-9-10-17(18)21-16)19-14-5-7-15(8-6-14)20-11-3-2-4-12-20/h5-10,13,19H,2-4,11-12H2,1H3. The Labute approximate surface area is 135 Å². The maximum absolute atomic E-state index is 6.00. The van der Waals surface area contributed by atoms with Gasteiger partial charge in [-0.1, -0.05) is 11.6 Å². The van der Waals surface area contributed by atoms with E-state index in [1.165, 1.54) is 42.9 Å². The van der Waals surface area contributed by atoms with Gasteiger partial charge in [0.2, 0.25) is 0 Å². The number of anilines is 2. The van der Waals surface area contributed by atoms with Crippen molar-refractivity contribution < 1.29 is 0 Å². The summed E-state index contributed by atoms with van der Waals surface area (Å²) in [6, 6.07) is 13.1. The molecule has 2 heterocycles. The molecule has 4 heteroatoms. The average Bonchev–Trinajstić information content (AvgIpc) is 2.96. The second-order valence-corrected chi connectivity index (χ2v) is 7.35. The molecule has 0 spiro atoms. The zero-order chi connectivity index (χ0) is 14.7. The molecule has 1 unspecified atom stereocenters. The third-order valence-electron chi connectivity index (χ3n) is 3.99. The number of nitrogens with one attached hydrogen (secondary N) is 1. The van der Waals surface area contributed by atoms with Gasteiger partial charge >= 0.3 is 0 Å². The van der Waals surface area contributed by atoms with Gasteiger partial charge in [0.15, 0.2) is 0 Å². The van der Waals surface area contributed by atoms with E-state index < -0.39 is 0 Å². The Hall–Kier alpha value is -1.19. The zero-order valence-corrected chi connectivity index (χ0v) is 13.9. The average molecular weight is 321 g/mol. The number of nitrogens with zero attached hydrogens (tertiary/aromatic N) is 1. The van der Waals surface area contributed by atoms with Crippen molar-refractivity contribution in [1.82, 2.24) is 0 Å². The van der Waals surface area contributed by atoms with E-state index in [1.54, 1.807) is 11.3 Å². The molecule has 2 aromatic rings. The Morgan fingerprint density at radius 2 is 1.76 bits per heavy atom. The Morgan fingerprint density at radius 3 is 2.38 bits per heavy atom. The Bertz CT molecular complexity index is 573. The molecule has 1 aliphatic heterocycles. The van der Waals surface area contributed by atoms with E-state index in [0.717, 1.165) is 10.0 Å². The maximum Gasteiger partial charge on any atom is 0.0932 e. The van der Waals surface area contributed by atoms with Crippen LogP contribution in [0.25, 0.3) is 0 Å². The normalized spacial score (nSPS) is 16.8. The molecule has 1 aromatic heterocycles. The second kappa shape index (κ2) is 6.71. The molecule has 0 radical (unpaired) electrons. The second-order valence-electron chi connectivity index (χ2n) is 5.60. The van der Waals surface area contributed by atoms with Crippen LogP contribution >= 0.6 is 22.9 Å². The van der Waals surface area contributed by atoms with Gasteiger partial charge in [-0.3, -0.25) is 0 Å². The molecule has 1 saturated heterocycles. The predicted molar refractivity (Wildman–Crippen MR) is 93.9 cm³/mol. The van der Waals surface area contributed by atoms with Gasteiger partial charge in [-0.2, -0.15) is 0 Å². The third kappa shape index (κ3) is 3.72. The van der Waals surface area contributed by atoms with Crippen molar-refractivity contribution in [3.8, 4) is 0 Å². The minimum absolute atomic E-state index is 0.281. The van der Waals surface area contributed by atoms with Crippen LogP contribution in [-0.4, -0.2) is 13.1 Å². The smallest absolute Gasteiger partial charge is 0.0932 e. The van der Waals surface area contributed by atoms with Gasteiger partial charge in [0.1, 0.15) is 0 Å². The van der Waals surface area contributed by atoms with Gasteiger partial charge in [-0.15, -0.1) is 11.3 Å². The molecule has 112 valence electrons. The highest BCUT2D eigenvalue weighted by Crippen LogP contribution is 2.29. The highest BCUT2D eigenvalue weighted by Gasteiger charge is 2.11. The molecule has 0 amide bonds. The summed E-state index contributed by atoms with van der Waals surface area (Å²) in [4.78, 5) is 3.75. The maximum atomic E-state index is 6.00. The van der Waals surface area contributed by atoms with Gasteiger partial charge in [0.05, 0.1) is 10.4 Å². The van der Waals surface area contributed by atoms with E-state index in [1.807, 2.05) is 6.07 Å². The monoisotopic (exact) mass is 320 g/mol. The van der Waals surface area contributed by atoms with E-state index in [4.69, 9.17) is 11.6 Å². The van der Waals surface area contributed by atoms with Crippen LogP contribution in [0, 0.1) is 0 Å². The molecule has 0 bridgehead atoms. The first kappa shape index (κ1) is 14.7. The van der Waals surface area contributed by atoms with Gasteiger partial charge < -0.3 is 10.2 Å². The molecule has 1 fully saturated rings. The summed E-state index contributed by atoms with van der Waals surface area (Å²) < 4.78 is 0.846. The molecule has 1 N–H and O–H groups in total. The van der Waals surface area contributed by atoms with Crippen LogP contribution in [0.15, 0.2) is 36.4 Å². The lowest BCUT2D eigenvalue weighted by atomic mass is 10.1. The number of hydrogen-bond acceptors (Lipinski definition) is 3. The zero-order valence-electron chi connectivity index (χ0n) is 12.3. The molecule has 0 aliphatic carbocycles.